The lowest BCUT2D eigenvalue weighted by molar-refractivity contribution is 1.01. The Hall–Kier alpha value is -0.850. The fourth-order valence-electron chi connectivity index (χ4n) is 0.801. The van der Waals surface area contributed by atoms with Crippen molar-refractivity contribution in [3.05, 3.63) is 22.8 Å². The second kappa shape index (κ2) is 4.12. The van der Waals surface area contributed by atoms with E-state index in [0.29, 0.717) is 15.9 Å². The minimum absolute atomic E-state index is 0.422. The first kappa shape index (κ1) is 9.70. The summed E-state index contributed by atoms with van der Waals surface area (Å²) in [4.78, 5) is 4.09. The van der Waals surface area contributed by atoms with E-state index in [1.54, 1.807) is 17.6 Å². The van der Waals surface area contributed by atoms with E-state index in [2.05, 4.69) is 15.2 Å². The maximum absolute atomic E-state index is 5.74. The van der Waals surface area contributed by atoms with Crippen molar-refractivity contribution in [2.75, 3.05) is 5.73 Å². The van der Waals surface area contributed by atoms with Crippen LogP contribution < -0.4 is 5.73 Å². The maximum Gasteiger partial charge on any atom is 0.180 e. The summed E-state index contributed by atoms with van der Waals surface area (Å²) in [7, 11) is 0. The highest BCUT2D eigenvalue weighted by atomic mass is 35.5. The lowest BCUT2D eigenvalue weighted by Gasteiger charge is -2.00. The van der Waals surface area contributed by atoms with Crippen LogP contribution in [0.2, 0.25) is 5.15 Å². The van der Waals surface area contributed by atoms with Crippen LogP contribution >= 0.6 is 34.7 Å². The first-order chi connectivity index (χ1) is 6.75. The van der Waals surface area contributed by atoms with Crippen LogP contribution in [-0.2, 0) is 0 Å². The van der Waals surface area contributed by atoms with Crippen LogP contribution in [0.4, 0.5) is 5.69 Å². The number of halogens is 1. The summed E-state index contributed by atoms with van der Waals surface area (Å²) in [5, 5.41) is 8.68. The number of hydrogen-bond donors (Lipinski definition) is 1. The molecule has 0 atom stereocenters. The third-order valence-corrected chi connectivity index (χ3v) is 3.39. The molecule has 0 aliphatic heterocycles. The third kappa shape index (κ3) is 2.14. The Morgan fingerprint density at radius 2 is 2.29 bits per heavy atom. The average molecular weight is 245 g/mol. The Kier molecular flexibility index (Phi) is 2.85. The van der Waals surface area contributed by atoms with Crippen molar-refractivity contribution in [2.45, 2.75) is 9.37 Å². The SMILES string of the molecule is Nc1ccc(Cl)nc1Sc1nncs1. The van der Waals surface area contributed by atoms with Crippen LogP contribution in [0.3, 0.4) is 0 Å². The Labute approximate surface area is 93.5 Å². The number of nitrogen functional groups attached to an aromatic ring is 1. The number of anilines is 1. The largest absolute Gasteiger partial charge is 0.397 e. The molecule has 72 valence electrons. The molecular weight excluding hydrogens is 240 g/mol. The molecule has 2 N–H and O–H groups in total. The van der Waals surface area contributed by atoms with Gasteiger partial charge < -0.3 is 5.73 Å². The highest BCUT2D eigenvalue weighted by molar-refractivity contribution is 8.01. The second-order valence-electron chi connectivity index (χ2n) is 2.34. The van der Waals surface area contributed by atoms with Crippen molar-refractivity contribution in [3.8, 4) is 0 Å². The number of nitrogens with two attached hydrogens (primary N) is 1. The van der Waals surface area contributed by atoms with Gasteiger partial charge in [-0.3, -0.25) is 0 Å². The molecule has 0 spiro atoms. The Bertz CT molecular complexity index is 431. The molecule has 0 saturated carbocycles. The van der Waals surface area contributed by atoms with E-state index < -0.39 is 0 Å². The van der Waals surface area contributed by atoms with Crippen LogP contribution in [0.25, 0.3) is 0 Å². The first-order valence-corrected chi connectivity index (χ1v) is 5.69. The number of aromatic nitrogens is 3. The van der Waals surface area contributed by atoms with Gasteiger partial charge in [0.25, 0.3) is 0 Å². The van der Waals surface area contributed by atoms with Gasteiger partial charge in [-0.2, -0.15) is 0 Å². The van der Waals surface area contributed by atoms with Crippen LogP contribution in [0, 0.1) is 0 Å². The van der Waals surface area contributed by atoms with Gasteiger partial charge in [-0.15, -0.1) is 10.2 Å². The first-order valence-electron chi connectivity index (χ1n) is 3.62. The van der Waals surface area contributed by atoms with Crippen molar-refractivity contribution >= 4 is 40.4 Å². The zero-order valence-electron chi connectivity index (χ0n) is 6.85. The summed E-state index contributed by atoms with van der Waals surface area (Å²) in [5.74, 6) is 0. The van der Waals surface area contributed by atoms with Gasteiger partial charge >= 0.3 is 0 Å². The molecule has 7 heteroatoms. The number of rotatable bonds is 2. The molecule has 0 saturated heterocycles. The van der Waals surface area contributed by atoms with Crippen LogP contribution in [0.1, 0.15) is 0 Å². The monoisotopic (exact) mass is 244 g/mol. The molecule has 0 bridgehead atoms. The predicted molar refractivity (Wildman–Crippen MR) is 57.7 cm³/mol. The van der Waals surface area contributed by atoms with Crippen molar-refractivity contribution in [1.29, 1.82) is 0 Å². The summed E-state index contributed by atoms with van der Waals surface area (Å²) in [6.07, 6.45) is 0. The molecule has 2 heterocycles. The standard InChI is InChI=1S/C7H5ClN4S2/c8-5-2-1-4(9)6(11-5)14-7-12-10-3-13-7/h1-3H,9H2. The van der Waals surface area contributed by atoms with Gasteiger partial charge in [-0.05, 0) is 23.9 Å². The molecule has 0 amide bonds. The van der Waals surface area contributed by atoms with Crippen LogP contribution in [0.15, 0.2) is 27.0 Å². The van der Waals surface area contributed by atoms with Crippen molar-refractivity contribution in [2.24, 2.45) is 0 Å². The highest BCUT2D eigenvalue weighted by Crippen LogP contribution is 2.31. The van der Waals surface area contributed by atoms with Gasteiger partial charge in [0.1, 0.15) is 15.7 Å². The van der Waals surface area contributed by atoms with Crippen LogP contribution in [0.5, 0.6) is 0 Å². The summed E-state index contributed by atoms with van der Waals surface area (Å²) < 4.78 is 0.798. The number of nitrogens with zero attached hydrogens (tertiary/aromatic N) is 3. The molecular formula is C7H5ClN4S2. The highest BCUT2D eigenvalue weighted by Gasteiger charge is 2.06. The molecule has 0 aliphatic rings. The Balaban J connectivity index is 2.28. The Morgan fingerprint density at radius 3 is 3.00 bits per heavy atom. The molecule has 0 fully saturated rings. The van der Waals surface area contributed by atoms with Gasteiger partial charge in [0.15, 0.2) is 4.34 Å². The van der Waals surface area contributed by atoms with Gasteiger partial charge in [0.2, 0.25) is 0 Å². The summed E-state index contributed by atoms with van der Waals surface area (Å²) in [5.41, 5.74) is 7.97. The smallest absolute Gasteiger partial charge is 0.180 e. The molecule has 2 aromatic rings. The zero-order valence-corrected chi connectivity index (χ0v) is 9.23. The van der Waals surface area contributed by atoms with E-state index in [4.69, 9.17) is 17.3 Å². The lowest BCUT2D eigenvalue weighted by atomic mass is 10.4. The molecule has 2 rings (SSSR count). The van der Waals surface area contributed by atoms with Crippen molar-refractivity contribution in [3.63, 3.8) is 0 Å². The van der Waals surface area contributed by atoms with Crippen molar-refractivity contribution in [1.82, 2.24) is 15.2 Å². The van der Waals surface area contributed by atoms with Gasteiger partial charge in [0, 0.05) is 0 Å². The fraction of sp³-hybridized carbons (Fsp3) is 0. The molecule has 0 aliphatic carbocycles. The summed E-state index contributed by atoms with van der Waals surface area (Å²) in [6, 6.07) is 3.37. The molecule has 2 aromatic heterocycles. The zero-order chi connectivity index (χ0) is 9.97. The van der Waals surface area contributed by atoms with Gasteiger partial charge in [-0.25, -0.2) is 4.98 Å². The van der Waals surface area contributed by atoms with Gasteiger partial charge in [-0.1, -0.05) is 22.9 Å². The van der Waals surface area contributed by atoms with E-state index in [1.807, 2.05) is 0 Å². The Morgan fingerprint density at radius 1 is 1.43 bits per heavy atom. The van der Waals surface area contributed by atoms with Crippen LogP contribution in [-0.4, -0.2) is 15.2 Å². The van der Waals surface area contributed by atoms with Gasteiger partial charge in [0.05, 0.1) is 5.69 Å². The molecule has 4 nitrogen and oxygen atoms in total. The average Bonchev–Trinajstić information content (AvgIpc) is 2.64. The normalized spacial score (nSPS) is 10.4. The predicted octanol–water partition coefficient (Wildman–Crippen LogP) is 2.32. The van der Waals surface area contributed by atoms with E-state index in [9.17, 15) is 0 Å². The third-order valence-electron chi connectivity index (χ3n) is 1.38. The number of hydrogen-bond acceptors (Lipinski definition) is 6. The fourth-order valence-corrected chi connectivity index (χ4v) is 2.42. The molecule has 0 unspecified atom stereocenters. The molecule has 0 aromatic carbocycles. The molecule has 14 heavy (non-hydrogen) atoms. The number of pyridine rings is 1. The van der Waals surface area contributed by atoms with E-state index in [1.165, 1.54) is 23.1 Å². The topological polar surface area (TPSA) is 64.7 Å². The lowest BCUT2D eigenvalue weighted by Crippen LogP contribution is -1.91. The summed E-state index contributed by atoms with van der Waals surface area (Å²) >= 11 is 8.54. The molecule has 0 radical (unpaired) electrons. The minimum Gasteiger partial charge on any atom is -0.397 e. The van der Waals surface area contributed by atoms with E-state index in [-0.39, 0.29) is 0 Å². The quantitative estimate of drug-likeness (QED) is 0.822. The van der Waals surface area contributed by atoms with E-state index in [0.717, 1.165) is 4.34 Å². The second-order valence-corrected chi connectivity index (χ2v) is 4.79. The van der Waals surface area contributed by atoms with E-state index >= 15 is 0 Å². The maximum atomic E-state index is 5.74. The minimum atomic E-state index is 0.422. The summed E-state index contributed by atoms with van der Waals surface area (Å²) in [6.45, 7) is 0. The van der Waals surface area contributed by atoms with Crippen molar-refractivity contribution < 1.29 is 0 Å².